The van der Waals surface area contributed by atoms with Crippen LogP contribution in [0.15, 0.2) is 28.7 Å². The molecule has 104 valence electrons. The minimum Gasteiger partial charge on any atom is -0.381 e. The Hall–Kier alpha value is -0.910. The van der Waals surface area contributed by atoms with Crippen LogP contribution < -0.4 is 11.1 Å². The van der Waals surface area contributed by atoms with Crippen molar-refractivity contribution in [2.45, 2.75) is 31.3 Å². The first-order chi connectivity index (χ1) is 9.01. The van der Waals surface area contributed by atoms with Gasteiger partial charge in [-0.05, 0) is 37.5 Å². The lowest BCUT2D eigenvalue weighted by atomic mass is 9.90. The number of rotatable bonds is 3. The number of carbonyl (C=O) groups is 1. The van der Waals surface area contributed by atoms with Crippen LogP contribution in [0.5, 0.6) is 0 Å². The fraction of sp³-hybridized carbons (Fsp3) is 0.500. The number of hydrogen-bond acceptors (Lipinski definition) is 3. The van der Waals surface area contributed by atoms with Gasteiger partial charge in [-0.15, -0.1) is 0 Å². The zero-order chi connectivity index (χ0) is 13.9. The largest absolute Gasteiger partial charge is 0.381 e. The van der Waals surface area contributed by atoms with Gasteiger partial charge in [0.25, 0.3) is 0 Å². The van der Waals surface area contributed by atoms with Crippen LogP contribution in [0, 0.1) is 0 Å². The van der Waals surface area contributed by atoms with Crippen LogP contribution in [0.4, 0.5) is 0 Å². The fourth-order valence-corrected chi connectivity index (χ4v) is 2.40. The number of nitrogens with two attached hydrogens (primary N) is 1. The van der Waals surface area contributed by atoms with Gasteiger partial charge in [-0.3, -0.25) is 4.79 Å². The van der Waals surface area contributed by atoms with E-state index in [-0.39, 0.29) is 11.9 Å². The summed E-state index contributed by atoms with van der Waals surface area (Å²) in [6.07, 6.45) is 1.15. The third kappa shape index (κ3) is 3.55. The van der Waals surface area contributed by atoms with Gasteiger partial charge in [0, 0.05) is 17.7 Å². The van der Waals surface area contributed by atoms with Gasteiger partial charge in [-0.2, -0.15) is 0 Å². The molecule has 0 aliphatic carbocycles. The molecule has 1 saturated heterocycles. The number of hydrogen-bond donors (Lipinski definition) is 2. The Kier molecular flexibility index (Phi) is 4.60. The summed E-state index contributed by atoms with van der Waals surface area (Å²) in [7, 11) is 0. The van der Waals surface area contributed by atoms with Crippen molar-refractivity contribution in [1.29, 1.82) is 0 Å². The van der Waals surface area contributed by atoms with Crippen molar-refractivity contribution in [3.05, 3.63) is 34.3 Å². The molecule has 4 nitrogen and oxygen atoms in total. The van der Waals surface area contributed by atoms with Crippen LogP contribution in [0.25, 0.3) is 0 Å². The molecule has 19 heavy (non-hydrogen) atoms. The molecule has 1 unspecified atom stereocenters. The molecule has 0 aromatic heterocycles. The van der Waals surface area contributed by atoms with Crippen LogP contribution in [0.1, 0.15) is 31.4 Å². The smallest absolute Gasteiger partial charge is 0.240 e. The Morgan fingerprint density at radius 2 is 1.95 bits per heavy atom. The summed E-state index contributed by atoms with van der Waals surface area (Å²) < 4.78 is 6.28. The van der Waals surface area contributed by atoms with E-state index >= 15 is 0 Å². The molecule has 1 atom stereocenters. The Balaban J connectivity index is 2.00. The highest BCUT2D eigenvalue weighted by atomic mass is 79.9. The fourth-order valence-electron chi connectivity index (χ4n) is 2.14. The second-order valence-corrected chi connectivity index (χ2v) is 5.93. The Labute approximate surface area is 121 Å². The molecule has 1 aromatic rings. The lowest BCUT2D eigenvalue weighted by Crippen LogP contribution is -2.57. The molecule has 1 aliphatic rings. The van der Waals surface area contributed by atoms with Gasteiger partial charge >= 0.3 is 0 Å². The molecule has 1 fully saturated rings. The van der Waals surface area contributed by atoms with Gasteiger partial charge in [0.1, 0.15) is 0 Å². The average molecular weight is 327 g/mol. The molecule has 1 aromatic carbocycles. The molecular formula is C14H19BrN2O2. The van der Waals surface area contributed by atoms with E-state index in [0.717, 1.165) is 10.0 Å². The number of nitrogens with one attached hydrogen (secondary N) is 1. The van der Waals surface area contributed by atoms with E-state index in [2.05, 4.69) is 21.2 Å². The molecule has 0 radical (unpaired) electrons. The van der Waals surface area contributed by atoms with Crippen LogP contribution >= 0.6 is 15.9 Å². The maximum Gasteiger partial charge on any atom is 0.240 e. The highest BCUT2D eigenvalue weighted by molar-refractivity contribution is 9.10. The SMILES string of the molecule is CC(NC(=O)C1(N)CCOCC1)c1ccc(Br)cc1. The van der Waals surface area contributed by atoms with Gasteiger partial charge in [0.15, 0.2) is 0 Å². The minimum absolute atomic E-state index is 0.0520. The second-order valence-electron chi connectivity index (χ2n) is 5.02. The average Bonchev–Trinajstić information content (AvgIpc) is 2.40. The molecule has 0 bridgehead atoms. The molecule has 2 rings (SSSR count). The van der Waals surface area contributed by atoms with Gasteiger partial charge in [0.2, 0.25) is 5.91 Å². The van der Waals surface area contributed by atoms with E-state index in [1.165, 1.54) is 0 Å². The van der Waals surface area contributed by atoms with Crippen LogP contribution in [-0.4, -0.2) is 24.7 Å². The van der Waals surface area contributed by atoms with Crippen molar-refractivity contribution < 1.29 is 9.53 Å². The third-order valence-corrected chi connectivity index (χ3v) is 4.08. The molecule has 3 N–H and O–H groups in total. The van der Waals surface area contributed by atoms with E-state index in [9.17, 15) is 4.79 Å². The standard InChI is InChI=1S/C14H19BrN2O2/c1-10(11-2-4-12(15)5-3-11)17-13(18)14(16)6-8-19-9-7-14/h2-5,10H,6-9,16H2,1H3,(H,17,18). The van der Waals surface area contributed by atoms with Gasteiger partial charge in [-0.1, -0.05) is 28.1 Å². The third-order valence-electron chi connectivity index (χ3n) is 3.55. The van der Waals surface area contributed by atoms with Crippen LogP contribution in [0.2, 0.25) is 0 Å². The maximum absolute atomic E-state index is 12.3. The Bertz CT molecular complexity index is 441. The monoisotopic (exact) mass is 326 g/mol. The van der Waals surface area contributed by atoms with E-state index in [1.54, 1.807) is 0 Å². The summed E-state index contributed by atoms with van der Waals surface area (Å²) in [6, 6.07) is 7.85. The van der Waals surface area contributed by atoms with Gasteiger partial charge in [0.05, 0.1) is 11.6 Å². The zero-order valence-electron chi connectivity index (χ0n) is 11.0. The number of amides is 1. The minimum atomic E-state index is -0.790. The quantitative estimate of drug-likeness (QED) is 0.894. The molecule has 5 heteroatoms. The highest BCUT2D eigenvalue weighted by Crippen LogP contribution is 2.21. The second kappa shape index (κ2) is 6.03. The van der Waals surface area contributed by atoms with Crippen LogP contribution in [-0.2, 0) is 9.53 Å². The first kappa shape index (κ1) is 14.5. The Morgan fingerprint density at radius 3 is 2.53 bits per heavy atom. The number of benzene rings is 1. The first-order valence-electron chi connectivity index (χ1n) is 6.44. The normalized spacial score (nSPS) is 19.7. The van der Waals surface area contributed by atoms with Crippen molar-refractivity contribution in [2.75, 3.05) is 13.2 Å². The van der Waals surface area contributed by atoms with Crippen LogP contribution in [0.3, 0.4) is 0 Å². The maximum atomic E-state index is 12.3. The van der Waals surface area contributed by atoms with Crippen molar-refractivity contribution >= 4 is 21.8 Å². The molecule has 1 amide bonds. The molecule has 0 spiro atoms. The summed E-state index contributed by atoms with van der Waals surface area (Å²) in [5.41, 5.74) is 6.43. The van der Waals surface area contributed by atoms with E-state index in [0.29, 0.717) is 26.1 Å². The summed E-state index contributed by atoms with van der Waals surface area (Å²) >= 11 is 3.40. The summed E-state index contributed by atoms with van der Waals surface area (Å²) in [6.45, 7) is 3.07. The van der Waals surface area contributed by atoms with Gasteiger partial charge in [-0.25, -0.2) is 0 Å². The lowest BCUT2D eigenvalue weighted by Gasteiger charge is -2.33. The van der Waals surface area contributed by atoms with Gasteiger partial charge < -0.3 is 15.8 Å². The molecule has 1 heterocycles. The number of carbonyl (C=O) groups excluding carboxylic acids is 1. The van der Waals surface area contributed by atoms with Crippen molar-refractivity contribution in [1.82, 2.24) is 5.32 Å². The molecule has 1 aliphatic heterocycles. The van der Waals surface area contributed by atoms with Crippen molar-refractivity contribution in [2.24, 2.45) is 5.73 Å². The predicted molar refractivity (Wildman–Crippen MR) is 77.7 cm³/mol. The topological polar surface area (TPSA) is 64.4 Å². The zero-order valence-corrected chi connectivity index (χ0v) is 12.6. The Morgan fingerprint density at radius 1 is 1.37 bits per heavy atom. The van der Waals surface area contributed by atoms with Crippen molar-refractivity contribution in [3.63, 3.8) is 0 Å². The summed E-state index contributed by atoms with van der Waals surface area (Å²) in [5, 5.41) is 2.99. The van der Waals surface area contributed by atoms with E-state index in [1.807, 2.05) is 31.2 Å². The molecular weight excluding hydrogens is 308 g/mol. The highest BCUT2D eigenvalue weighted by Gasteiger charge is 2.36. The number of halogens is 1. The van der Waals surface area contributed by atoms with E-state index < -0.39 is 5.54 Å². The first-order valence-corrected chi connectivity index (χ1v) is 7.24. The summed E-state index contributed by atoms with van der Waals surface area (Å²) in [5.74, 6) is -0.0915. The molecule has 0 saturated carbocycles. The summed E-state index contributed by atoms with van der Waals surface area (Å²) in [4.78, 5) is 12.3. The predicted octanol–water partition coefficient (Wildman–Crippen LogP) is 2.13. The van der Waals surface area contributed by atoms with Crippen molar-refractivity contribution in [3.8, 4) is 0 Å². The number of ether oxygens (including phenoxy) is 1. The van der Waals surface area contributed by atoms with E-state index in [4.69, 9.17) is 10.5 Å². The lowest BCUT2D eigenvalue weighted by molar-refractivity contribution is -0.130.